The third-order valence-electron chi connectivity index (χ3n) is 4.41. The van der Waals surface area contributed by atoms with Crippen LogP contribution in [0.4, 0.5) is 5.82 Å². The van der Waals surface area contributed by atoms with Crippen molar-refractivity contribution in [3.63, 3.8) is 0 Å². The van der Waals surface area contributed by atoms with Crippen molar-refractivity contribution in [2.75, 3.05) is 38.3 Å². The van der Waals surface area contributed by atoms with E-state index in [9.17, 15) is 4.79 Å². The first-order valence-corrected chi connectivity index (χ1v) is 7.45. The average Bonchev–Trinajstić information content (AvgIpc) is 2.95. The van der Waals surface area contributed by atoms with Gasteiger partial charge in [-0.25, -0.2) is 14.8 Å². The molecule has 0 N–H and O–H groups in total. The van der Waals surface area contributed by atoms with Crippen LogP contribution >= 0.6 is 11.6 Å². The highest BCUT2D eigenvalue weighted by atomic mass is 35.5. The fourth-order valence-electron chi connectivity index (χ4n) is 3.06. The number of hydrogen-bond donors (Lipinski definition) is 0. The second-order valence-electron chi connectivity index (χ2n) is 5.65. The normalized spacial score (nSPS) is 20.8. The Morgan fingerprint density at radius 3 is 2.81 bits per heavy atom. The number of halogens is 1. The van der Waals surface area contributed by atoms with Gasteiger partial charge in [-0.05, 0) is 24.7 Å². The molecule has 7 heteroatoms. The molecule has 2 saturated heterocycles. The summed E-state index contributed by atoms with van der Waals surface area (Å²) in [5.74, 6) is 0.0294. The highest BCUT2D eigenvalue weighted by Crippen LogP contribution is 2.40. The van der Waals surface area contributed by atoms with Gasteiger partial charge in [-0.1, -0.05) is 11.6 Å². The number of hydrogen-bond acceptors (Lipinski definition) is 6. The number of piperidine rings is 1. The van der Waals surface area contributed by atoms with E-state index < -0.39 is 5.97 Å². The lowest BCUT2D eigenvalue weighted by atomic mass is 9.78. The Balaban J connectivity index is 1.81. The first kappa shape index (κ1) is 14.5. The Hall–Kier alpha value is -1.40. The number of rotatable bonds is 2. The number of aromatic nitrogens is 2. The van der Waals surface area contributed by atoms with Crippen LogP contribution in [0.5, 0.6) is 0 Å². The summed E-state index contributed by atoms with van der Waals surface area (Å²) in [6.45, 7) is 3.33. The van der Waals surface area contributed by atoms with Gasteiger partial charge in [-0.2, -0.15) is 0 Å². The van der Waals surface area contributed by atoms with Crippen LogP contribution in [0, 0.1) is 5.41 Å². The van der Waals surface area contributed by atoms with Crippen molar-refractivity contribution in [2.45, 2.75) is 19.3 Å². The predicted octanol–water partition coefficient (Wildman–Crippen LogP) is 1.92. The highest BCUT2D eigenvalue weighted by molar-refractivity contribution is 6.29. The summed E-state index contributed by atoms with van der Waals surface area (Å²) in [5.41, 5.74) is 0.522. The summed E-state index contributed by atoms with van der Waals surface area (Å²) in [7, 11) is 1.34. The highest BCUT2D eigenvalue weighted by Gasteiger charge is 2.39. The van der Waals surface area contributed by atoms with Crippen LogP contribution in [0.2, 0.25) is 5.15 Å². The molecule has 0 aromatic carbocycles. The van der Waals surface area contributed by atoms with E-state index in [4.69, 9.17) is 21.1 Å². The first-order chi connectivity index (χ1) is 10.1. The van der Waals surface area contributed by atoms with Gasteiger partial charge < -0.3 is 14.4 Å². The summed E-state index contributed by atoms with van der Waals surface area (Å²) >= 11 is 5.93. The van der Waals surface area contributed by atoms with Gasteiger partial charge in [0.2, 0.25) is 0 Å². The van der Waals surface area contributed by atoms with Gasteiger partial charge in [0.25, 0.3) is 0 Å². The molecule has 2 aliphatic rings. The summed E-state index contributed by atoms with van der Waals surface area (Å²) in [5, 5.41) is 0.280. The van der Waals surface area contributed by atoms with Crippen LogP contribution in [0.1, 0.15) is 29.8 Å². The van der Waals surface area contributed by atoms with Crippen molar-refractivity contribution in [3.05, 3.63) is 17.0 Å². The van der Waals surface area contributed by atoms with E-state index in [0.29, 0.717) is 11.2 Å². The molecular formula is C14H18ClN3O3. The third-order valence-corrected chi connectivity index (χ3v) is 4.59. The molecule has 0 atom stereocenters. The van der Waals surface area contributed by atoms with Gasteiger partial charge in [-0.15, -0.1) is 0 Å². The lowest BCUT2D eigenvalue weighted by molar-refractivity contribution is 0.0594. The number of anilines is 1. The summed E-state index contributed by atoms with van der Waals surface area (Å²) < 4.78 is 10.3. The van der Waals surface area contributed by atoms with E-state index in [-0.39, 0.29) is 10.8 Å². The van der Waals surface area contributed by atoms with Crippen LogP contribution in [0.15, 0.2) is 6.20 Å². The molecule has 0 radical (unpaired) electrons. The van der Waals surface area contributed by atoms with E-state index in [1.54, 1.807) is 0 Å². The second-order valence-corrected chi connectivity index (χ2v) is 6.03. The molecule has 0 aliphatic carbocycles. The number of carbonyl (C=O) groups excluding carboxylic acids is 1. The van der Waals surface area contributed by atoms with E-state index >= 15 is 0 Å². The minimum Gasteiger partial charge on any atom is -0.464 e. The van der Waals surface area contributed by atoms with Crippen molar-refractivity contribution in [1.82, 2.24) is 9.97 Å². The van der Waals surface area contributed by atoms with E-state index in [1.807, 2.05) is 0 Å². The minimum absolute atomic E-state index is 0.223. The molecule has 114 valence electrons. The summed E-state index contributed by atoms with van der Waals surface area (Å²) in [6.07, 6.45) is 4.54. The molecule has 0 amide bonds. The molecule has 21 heavy (non-hydrogen) atoms. The SMILES string of the molecule is COC(=O)c1ncc(Cl)nc1N1CCC2(CCOC2)CC1. The molecule has 0 bridgehead atoms. The topological polar surface area (TPSA) is 64.5 Å². The van der Waals surface area contributed by atoms with Gasteiger partial charge in [0, 0.05) is 19.7 Å². The zero-order valence-electron chi connectivity index (χ0n) is 12.0. The smallest absolute Gasteiger partial charge is 0.360 e. The van der Waals surface area contributed by atoms with Gasteiger partial charge in [-0.3, -0.25) is 0 Å². The molecule has 3 heterocycles. The van der Waals surface area contributed by atoms with Crippen LogP contribution in [-0.4, -0.2) is 49.4 Å². The van der Waals surface area contributed by atoms with Crippen LogP contribution in [0.25, 0.3) is 0 Å². The summed E-state index contributed by atoms with van der Waals surface area (Å²) in [6, 6.07) is 0. The number of esters is 1. The second kappa shape index (κ2) is 5.77. The van der Waals surface area contributed by atoms with Crippen molar-refractivity contribution in [3.8, 4) is 0 Å². The molecule has 1 aromatic heterocycles. The Bertz CT molecular complexity index is 536. The Kier molecular flexibility index (Phi) is 3.99. The molecule has 3 rings (SSSR count). The monoisotopic (exact) mass is 311 g/mol. The molecule has 2 aliphatic heterocycles. The lowest BCUT2D eigenvalue weighted by Crippen LogP contribution is -2.41. The van der Waals surface area contributed by atoms with Gasteiger partial charge >= 0.3 is 5.97 Å². The predicted molar refractivity (Wildman–Crippen MR) is 77.7 cm³/mol. The van der Waals surface area contributed by atoms with E-state index in [0.717, 1.165) is 45.6 Å². The molecular weight excluding hydrogens is 294 g/mol. The standard InChI is InChI=1S/C14H18ClN3O3/c1-20-13(19)11-12(17-10(15)8-16-11)18-5-2-14(3-6-18)4-7-21-9-14/h8H,2-7,9H2,1H3. The minimum atomic E-state index is -0.487. The fourth-order valence-corrected chi connectivity index (χ4v) is 3.19. The number of methoxy groups -OCH3 is 1. The van der Waals surface area contributed by atoms with Crippen LogP contribution in [-0.2, 0) is 9.47 Å². The van der Waals surface area contributed by atoms with E-state index in [2.05, 4.69) is 14.9 Å². The lowest BCUT2D eigenvalue weighted by Gasteiger charge is -2.39. The first-order valence-electron chi connectivity index (χ1n) is 7.07. The van der Waals surface area contributed by atoms with Crippen molar-refractivity contribution < 1.29 is 14.3 Å². The molecule has 6 nitrogen and oxygen atoms in total. The summed E-state index contributed by atoms with van der Waals surface area (Å²) in [4.78, 5) is 22.2. The molecule has 1 aromatic rings. The number of nitrogens with zero attached hydrogens (tertiary/aromatic N) is 3. The van der Waals surface area contributed by atoms with Crippen LogP contribution < -0.4 is 4.90 Å². The van der Waals surface area contributed by atoms with Crippen molar-refractivity contribution in [1.29, 1.82) is 0 Å². The van der Waals surface area contributed by atoms with Gasteiger partial charge in [0.05, 0.1) is 19.9 Å². The Labute approximate surface area is 128 Å². The maximum atomic E-state index is 11.8. The Morgan fingerprint density at radius 1 is 1.43 bits per heavy atom. The Morgan fingerprint density at radius 2 is 2.19 bits per heavy atom. The number of carbonyl (C=O) groups is 1. The third kappa shape index (κ3) is 2.82. The zero-order valence-corrected chi connectivity index (χ0v) is 12.7. The van der Waals surface area contributed by atoms with Crippen molar-refractivity contribution >= 4 is 23.4 Å². The number of ether oxygens (including phenoxy) is 2. The molecule has 0 unspecified atom stereocenters. The van der Waals surface area contributed by atoms with Crippen molar-refractivity contribution in [2.24, 2.45) is 5.41 Å². The molecule has 0 saturated carbocycles. The quantitative estimate of drug-likeness (QED) is 0.778. The van der Waals surface area contributed by atoms with E-state index in [1.165, 1.54) is 13.3 Å². The van der Waals surface area contributed by atoms with Crippen LogP contribution in [0.3, 0.4) is 0 Å². The maximum Gasteiger partial charge on any atom is 0.360 e. The fraction of sp³-hybridized carbons (Fsp3) is 0.643. The van der Waals surface area contributed by atoms with Gasteiger partial charge in [0.1, 0.15) is 5.15 Å². The molecule has 1 spiro atoms. The average molecular weight is 312 g/mol. The zero-order chi connectivity index (χ0) is 14.9. The largest absolute Gasteiger partial charge is 0.464 e. The molecule has 2 fully saturated rings. The van der Waals surface area contributed by atoms with Gasteiger partial charge in [0.15, 0.2) is 11.5 Å². The maximum absolute atomic E-state index is 11.8.